The first-order valence-electron chi connectivity index (χ1n) is 6.50. The highest BCUT2D eigenvalue weighted by Gasteiger charge is 2.14. The molecule has 0 spiro atoms. The molecule has 1 heterocycles. The summed E-state index contributed by atoms with van der Waals surface area (Å²) < 4.78 is 1.93. The van der Waals surface area contributed by atoms with Crippen LogP contribution in [0.2, 0.25) is 5.02 Å². The van der Waals surface area contributed by atoms with E-state index in [1.165, 1.54) is 0 Å². The van der Waals surface area contributed by atoms with Gasteiger partial charge in [-0.15, -0.1) is 0 Å². The molecule has 104 valence electrons. The largest absolute Gasteiger partial charge is 0.369 e. The van der Waals surface area contributed by atoms with Crippen LogP contribution in [0, 0.1) is 18.3 Å². The standard InChI is InChI=1S/C15H17ClN4/c1-4-20-14(15(16)11(2)18-20)10-19(3)13-7-5-12(9-17)6-8-13/h5-8H,4,10H2,1-3H3. The number of hydrogen-bond acceptors (Lipinski definition) is 3. The lowest BCUT2D eigenvalue weighted by molar-refractivity contribution is 0.613. The monoisotopic (exact) mass is 288 g/mol. The molecule has 0 amide bonds. The van der Waals surface area contributed by atoms with Gasteiger partial charge in [-0.25, -0.2) is 0 Å². The van der Waals surface area contributed by atoms with Crippen LogP contribution in [0.25, 0.3) is 0 Å². The van der Waals surface area contributed by atoms with Gasteiger partial charge in [0.25, 0.3) is 0 Å². The van der Waals surface area contributed by atoms with Crippen LogP contribution in [0.15, 0.2) is 24.3 Å². The van der Waals surface area contributed by atoms with Gasteiger partial charge in [0, 0.05) is 19.3 Å². The van der Waals surface area contributed by atoms with Gasteiger partial charge in [0.05, 0.1) is 34.6 Å². The van der Waals surface area contributed by atoms with Gasteiger partial charge in [0.2, 0.25) is 0 Å². The van der Waals surface area contributed by atoms with Crippen LogP contribution in [-0.2, 0) is 13.1 Å². The Kier molecular flexibility index (Phi) is 4.31. The minimum Gasteiger partial charge on any atom is -0.369 e. The van der Waals surface area contributed by atoms with Crippen molar-refractivity contribution in [3.63, 3.8) is 0 Å². The van der Waals surface area contributed by atoms with Crippen molar-refractivity contribution >= 4 is 17.3 Å². The highest BCUT2D eigenvalue weighted by Crippen LogP contribution is 2.24. The van der Waals surface area contributed by atoms with Crippen molar-refractivity contribution in [2.75, 3.05) is 11.9 Å². The third-order valence-corrected chi connectivity index (χ3v) is 3.77. The van der Waals surface area contributed by atoms with Gasteiger partial charge in [0.1, 0.15) is 0 Å². The van der Waals surface area contributed by atoms with E-state index in [0.29, 0.717) is 12.1 Å². The number of rotatable bonds is 4. The smallest absolute Gasteiger partial charge is 0.0991 e. The molecule has 0 atom stereocenters. The summed E-state index contributed by atoms with van der Waals surface area (Å²) in [6.45, 7) is 5.44. The molecule has 2 rings (SSSR count). The number of aromatic nitrogens is 2. The Labute approximate surface area is 124 Å². The van der Waals surface area contributed by atoms with E-state index in [-0.39, 0.29) is 0 Å². The maximum atomic E-state index is 8.82. The molecule has 20 heavy (non-hydrogen) atoms. The summed E-state index contributed by atoms with van der Waals surface area (Å²) in [4.78, 5) is 2.09. The fraction of sp³-hybridized carbons (Fsp3) is 0.333. The van der Waals surface area contributed by atoms with Crippen LogP contribution in [0.4, 0.5) is 5.69 Å². The molecule has 0 aliphatic carbocycles. The highest BCUT2D eigenvalue weighted by atomic mass is 35.5. The van der Waals surface area contributed by atoms with Crippen LogP contribution >= 0.6 is 11.6 Å². The molecular weight excluding hydrogens is 272 g/mol. The molecule has 5 heteroatoms. The fourth-order valence-electron chi connectivity index (χ4n) is 2.13. The predicted molar refractivity (Wildman–Crippen MR) is 80.9 cm³/mol. The van der Waals surface area contributed by atoms with Gasteiger partial charge < -0.3 is 4.90 Å². The maximum Gasteiger partial charge on any atom is 0.0991 e. The number of nitriles is 1. The van der Waals surface area contributed by atoms with Gasteiger partial charge in [-0.3, -0.25) is 4.68 Å². The molecule has 4 nitrogen and oxygen atoms in total. The maximum absolute atomic E-state index is 8.82. The van der Waals surface area contributed by atoms with E-state index < -0.39 is 0 Å². The van der Waals surface area contributed by atoms with E-state index in [2.05, 4.69) is 16.1 Å². The van der Waals surface area contributed by atoms with Gasteiger partial charge in [0.15, 0.2) is 0 Å². The zero-order chi connectivity index (χ0) is 14.7. The van der Waals surface area contributed by atoms with Crippen molar-refractivity contribution in [2.24, 2.45) is 0 Å². The Balaban J connectivity index is 2.23. The van der Waals surface area contributed by atoms with Crippen LogP contribution in [0.5, 0.6) is 0 Å². The Morgan fingerprint density at radius 2 is 2.00 bits per heavy atom. The summed E-state index contributed by atoms with van der Waals surface area (Å²) in [5, 5.41) is 14.0. The third kappa shape index (κ3) is 2.78. The van der Waals surface area contributed by atoms with Crippen molar-refractivity contribution in [3.05, 3.63) is 46.2 Å². The number of hydrogen-bond donors (Lipinski definition) is 0. The fourth-order valence-corrected chi connectivity index (χ4v) is 2.32. The molecule has 0 saturated carbocycles. The zero-order valence-electron chi connectivity index (χ0n) is 11.9. The summed E-state index contributed by atoms with van der Waals surface area (Å²) in [5.41, 5.74) is 3.58. The Morgan fingerprint density at radius 3 is 2.55 bits per heavy atom. The van der Waals surface area contributed by atoms with Gasteiger partial charge in [-0.05, 0) is 38.1 Å². The van der Waals surface area contributed by atoms with E-state index in [4.69, 9.17) is 16.9 Å². The third-order valence-electron chi connectivity index (χ3n) is 3.28. The number of anilines is 1. The van der Waals surface area contributed by atoms with Crippen LogP contribution < -0.4 is 4.90 Å². The Hall–Kier alpha value is -1.99. The van der Waals surface area contributed by atoms with Crippen molar-refractivity contribution < 1.29 is 0 Å². The minimum atomic E-state index is 0.662. The van der Waals surface area contributed by atoms with E-state index in [9.17, 15) is 0 Å². The quantitative estimate of drug-likeness (QED) is 0.866. The summed E-state index contributed by atoms with van der Waals surface area (Å²) in [6, 6.07) is 9.62. The van der Waals surface area contributed by atoms with Crippen LogP contribution in [0.1, 0.15) is 23.9 Å². The topological polar surface area (TPSA) is 44.9 Å². The number of aryl methyl sites for hydroxylation is 2. The second-order valence-corrected chi connectivity index (χ2v) is 5.05. The normalized spacial score (nSPS) is 10.3. The van der Waals surface area contributed by atoms with Crippen molar-refractivity contribution in [1.29, 1.82) is 5.26 Å². The number of nitrogens with zero attached hydrogens (tertiary/aromatic N) is 4. The number of halogens is 1. The van der Waals surface area contributed by atoms with E-state index in [0.717, 1.165) is 28.6 Å². The van der Waals surface area contributed by atoms with E-state index >= 15 is 0 Å². The second-order valence-electron chi connectivity index (χ2n) is 4.68. The lowest BCUT2D eigenvalue weighted by Gasteiger charge is -2.20. The zero-order valence-corrected chi connectivity index (χ0v) is 12.6. The average molecular weight is 289 g/mol. The average Bonchev–Trinajstić information content (AvgIpc) is 2.75. The van der Waals surface area contributed by atoms with Gasteiger partial charge in [-0.1, -0.05) is 11.6 Å². The first kappa shape index (κ1) is 14.4. The molecule has 1 aromatic heterocycles. The summed E-state index contributed by atoms with van der Waals surface area (Å²) >= 11 is 6.32. The molecule has 0 saturated heterocycles. The Bertz CT molecular complexity index is 637. The molecule has 0 radical (unpaired) electrons. The summed E-state index contributed by atoms with van der Waals surface area (Å²) in [5.74, 6) is 0. The highest BCUT2D eigenvalue weighted by molar-refractivity contribution is 6.31. The summed E-state index contributed by atoms with van der Waals surface area (Å²) in [7, 11) is 2.00. The molecule has 1 aromatic carbocycles. The molecule has 0 bridgehead atoms. The first-order chi connectivity index (χ1) is 9.56. The van der Waals surface area contributed by atoms with Crippen molar-refractivity contribution in [1.82, 2.24) is 9.78 Å². The minimum absolute atomic E-state index is 0.662. The Morgan fingerprint density at radius 1 is 1.35 bits per heavy atom. The van der Waals surface area contributed by atoms with E-state index in [1.54, 1.807) is 0 Å². The van der Waals surface area contributed by atoms with Crippen LogP contribution in [0.3, 0.4) is 0 Å². The molecule has 0 N–H and O–H groups in total. The van der Waals surface area contributed by atoms with Gasteiger partial charge in [-0.2, -0.15) is 10.4 Å². The second kappa shape index (κ2) is 5.98. The van der Waals surface area contributed by atoms with Crippen LogP contribution in [-0.4, -0.2) is 16.8 Å². The SMILES string of the molecule is CCn1nc(C)c(Cl)c1CN(C)c1ccc(C#N)cc1. The summed E-state index contributed by atoms with van der Waals surface area (Å²) in [6.07, 6.45) is 0. The molecule has 0 fully saturated rings. The molecule has 0 unspecified atom stereocenters. The van der Waals surface area contributed by atoms with E-state index in [1.807, 2.05) is 49.8 Å². The molecule has 2 aromatic rings. The van der Waals surface area contributed by atoms with Gasteiger partial charge >= 0.3 is 0 Å². The number of benzene rings is 1. The van der Waals surface area contributed by atoms with Crippen molar-refractivity contribution in [2.45, 2.75) is 26.9 Å². The first-order valence-corrected chi connectivity index (χ1v) is 6.87. The molecule has 0 aliphatic heterocycles. The van der Waals surface area contributed by atoms with Crippen molar-refractivity contribution in [3.8, 4) is 6.07 Å². The molecular formula is C15H17ClN4. The lowest BCUT2D eigenvalue weighted by Crippen LogP contribution is -2.19. The lowest BCUT2D eigenvalue weighted by atomic mass is 10.2. The predicted octanol–water partition coefficient (Wildman–Crippen LogP) is 3.37. The molecule has 0 aliphatic rings.